The number of hydrogen-bond donors (Lipinski definition) is 1. The monoisotopic (exact) mass is 337 g/mol. The van der Waals surface area contributed by atoms with Crippen LogP contribution in [0.25, 0.3) is 0 Å². The van der Waals surface area contributed by atoms with E-state index >= 15 is 0 Å². The van der Waals surface area contributed by atoms with E-state index in [-0.39, 0.29) is 6.04 Å². The molecule has 0 radical (unpaired) electrons. The summed E-state index contributed by atoms with van der Waals surface area (Å²) >= 11 is 9.48. The van der Waals surface area contributed by atoms with E-state index in [0.717, 1.165) is 9.50 Å². The lowest BCUT2D eigenvalue weighted by Gasteiger charge is -2.21. The lowest BCUT2D eigenvalue weighted by atomic mass is 10.0. The summed E-state index contributed by atoms with van der Waals surface area (Å²) in [7, 11) is 0. The van der Waals surface area contributed by atoms with E-state index in [9.17, 15) is 0 Å². The lowest BCUT2D eigenvalue weighted by molar-refractivity contribution is 0.494. The SMILES string of the molecule is CC(N[C@@H](C)c1ccc(Br)cc1)c1cccc(Cl)c1. The maximum atomic E-state index is 6.03. The molecule has 1 N–H and O–H groups in total. The fourth-order valence-electron chi connectivity index (χ4n) is 2.09. The molecule has 1 unspecified atom stereocenters. The van der Waals surface area contributed by atoms with Crippen molar-refractivity contribution in [2.45, 2.75) is 25.9 Å². The van der Waals surface area contributed by atoms with Crippen molar-refractivity contribution < 1.29 is 0 Å². The van der Waals surface area contributed by atoms with Gasteiger partial charge in [-0.05, 0) is 49.2 Å². The summed E-state index contributed by atoms with van der Waals surface area (Å²) in [6, 6.07) is 16.9. The van der Waals surface area contributed by atoms with E-state index < -0.39 is 0 Å². The summed E-state index contributed by atoms with van der Waals surface area (Å²) in [4.78, 5) is 0. The molecule has 2 atom stereocenters. The lowest BCUT2D eigenvalue weighted by Crippen LogP contribution is -2.22. The first-order valence-corrected chi connectivity index (χ1v) is 7.50. The van der Waals surface area contributed by atoms with Crippen LogP contribution in [0.4, 0.5) is 0 Å². The predicted molar refractivity (Wildman–Crippen MR) is 85.6 cm³/mol. The second kappa shape index (κ2) is 6.56. The van der Waals surface area contributed by atoms with Crippen molar-refractivity contribution in [1.82, 2.24) is 5.32 Å². The molecule has 19 heavy (non-hydrogen) atoms. The Labute approximate surface area is 128 Å². The molecule has 0 fully saturated rings. The summed E-state index contributed by atoms with van der Waals surface area (Å²) in [5.41, 5.74) is 2.48. The summed E-state index contributed by atoms with van der Waals surface area (Å²) in [6.45, 7) is 4.32. The van der Waals surface area contributed by atoms with E-state index in [1.165, 1.54) is 11.1 Å². The smallest absolute Gasteiger partial charge is 0.0409 e. The van der Waals surface area contributed by atoms with Gasteiger partial charge < -0.3 is 5.32 Å². The summed E-state index contributed by atoms with van der Waals surface area (Å²) in [5, 5.41) is 4.37. The Morgan fingerprint density at radius 3 is 2.21 bits per heavy atom. The van der Waals surface area contributed by atoms with Gasteiger partial charge in [0.15, 0.2) is 0 Å². The molecule has 2 aromatic carbocycles. The quantitative estimate of drug-likeness (QED) is 0.774. The Morgan fingerprint density at radius 2 is 1.58 bits per heavy atom. The van der Waals surface area contributed by atoms with Crippen molar-refractivity contribution in [1.29, 1.82) is 0 Å². The van der Waals surface area contributed by atoms with Crippen molar-refractivity contribution in [3.63, 3.8) is 0 Å². The van der Waals surface area contributed by atoms with Crippen molar-refractivity contribution in [3.8, 4) is 0 Å². The summed E-state index contributed by atoms with van der Waals surface area (Å²) in [6.07, 6.45) is 0. The Hall–Kier alpha value is -0.830. The highest BCUT2D eigenvalue weighted by Gasteiger charge is 2.11. The molecular weight excluding hydrogens is 322 g/mol. The van der Waals surface area contributed by atoms with Crippen LogP contribution in [0.5, 0.6) is 0 Å². The highest BCUT2D eigenvalue weighted by Crippen LogP contribution is 2.22. The van der Waals surface area contributed by atoms with Gasteiger partial charge >= 0.3 is 0 Å². The van der Waals surface area contributed by atoms with Crippen LogP contribution in [0, 0.1) is 0 Å². The predicted octanol–water partition coefficient (Wildman–Crippen LogP) is 5.51. The maximum absolute atomic E-state index is 6.03. The molecule has 0 aromatic heterocycles. The molecule has 1 nitrogen and oxygen atoms in total. The molecule has 0 saturated carbocycles. The van der Waals surface area contributed by atoms with Gasteiger partial charge in [-0.15, -0.1) is 0 Å². The largest absolute Gasteiger partial charge is 0.304 e. The number of benzene rings is 2. The van der Waals surface area contributed by atoms with Crippen LogP contribution in [0.3, 0.4) is 0 Å². The minimum atomic E-state index is 0.261. The van der Waals surface area contributed by atoms with Gasteiger partial charge in [-0.2, -0.15) is 0 Å². The van der Waals surface area contributed by atoms with Gasteiger partial charge in [0.05, 0.1) is 0 Å². The van der Waals surface area contributed by atoms with Gasteiger partial charge in [0.25, 0.3) is 0 Å². The highest BCUT2D eigenvalue weighted by atomic mass is 79.9. The van der Waals surface area contributed by atoms with Crippen LogP contribution in [-0.2, 0) is 0 Å². The third kappa shape index (κ3) is 4.07. The van der Waals surface area contributed by atoms with E-state index in [0.29, 0.717) is 6.04 Å². The highest BCUT2D eigenvalue weighted by molar-refractivity contribution is 9.10. The Balaban J connectivity index is 2.06. The Morgan fingerprint density at radius 1 is 0.947 bits per heavy atom. The van der Waals surface area contributed by atoms with Crippen molar-refractivity contribution in [3.05, 3.63) is 69.2 Å². The molecule has 0 aliphatic carbocycles. The summed E-state index contributed by atoms with van der Waals surface area (Å²) < 4.78 is 1.10. The second-order valence-corrected chi connectivity index (χ2v) is 6.07. The van der Waals surface area contributed by atoms with E-state index in [2.05, 4.69) is 65.4 Å². The topological polar surface area (TPSA) is 12.0 Å². The number of hydrogen-bond acceptors (Lipinski definition) is 1. The van der Waals surface area contributed by atoms with Gasteiger partial charge in [-0.1, -0.05) is 51.8 Å². The van der Waals surface area contributed by atoms with Crippen LogP contribution >= 0.6 is 27.5 Å². The zero-order valence-corrected chi connectivity index (χ0v) is 13.4. The average Bonchev–Trinajstić information content (AvgIpc) is 2.39. The van der Waals surface area contributed by atoms with Crippen LogP contribution < -0.4 is 5.32 Å². The molecule has 3 heteroatoms. The van der Waals surface area contributed by atoms with Crippen LogP contribution in [0.1, 0.15) is 37.1 Å². The zero-order chi connectivity index (χ0) is 13.8. The summed E-state index contributed by atoms with van der Waals surface area (Å²) in [5.74, 6) is 0. The van der Waals surface area contributed by atoms with Crippen molar-refractivity contribution in [2.75, 3.05) is 0 Å². The maximum Gasteiger partial charge on any atom is 0.0409 e. The zero-order valence-electron chi connectivity index (χ0n) is 11.0. The average molecular weight is 339 g/mol. The van der Waals surface area contributed by atoms with Gasteiger partial charge in [-0.3, -0.25) is 0 Å². The van der Waals surface area contributed by atoms with Crippen LogP contribution in [0.15, 0.2) is 53.0 Å². The number of rotatable bonds is 4. The molecule has 0 aliphatic rings. The minimum absolute atomic E-state index is 0.261. The third-order valence-corrected chi connectivity index (χ3v) is 3.98. The molecule has 2 rings (SSSR count). The fraction of sp³-hybridized carbons (Fsp3) is 0.250. The number of nitrogens with one attached hydrogen (secondary N) is 1. The Kier molecular flexibility index (Phi) is 5.03. The van der Waals surface area contributed by atoms with E-state index in [1.54, 1.807) is 0 Å². The van der Waals surface area contributed by atoms with Gasteiger partial charge in [-0.25, -0.2) is 0 Å². The first-order chi connectivity index (χ1) is 9.06. The molecule has 0 heterocycles. The fourth-order valence-corrected chi connectivity index (χ4v) is 2.56. The molecule has 0 spiro atoms. The van der Waals surface area contributed by atoms with E-state index in [1.807, 2.05) is 18.2 Å². The Bertz CT molecular complexity index is 539. The molecule has 0 amide bonds. The van der Waals surface area contributed by atoms with Crippen LogP contribution in [0.2, 0.25) is 5.02 Å². The standard InChI is InChI=1S/C16H17BrClN/c1-11(13-6-8-15(17)9-7-13)19-12(2)14-4-3-5-16(18)10-14/h3-12,19H,1-2H3/t11-,12?/m0/s1. The van der Waals surface area contributed by atoms with Gasteiger partial charge in [0.1, 0.15) is 0 Å². The first-order valence-electron chi connectivity index (χ1n) is 6.33. The normalized spacial score (nSPS) is 14.1. The molecule has 0 bridgehead atoms. The molecule has 0 saturated heterocycles. The molecule has 2 aromatic rings. The molecule has 0 aliphatic heterocycles. The first kappa shape index (κ1) is 14.6. The second-order valence-electron chi connectivity index (χ2n) is 4.72. The molecular formula is C16H17BrClN. The minimum Gasteiger partial charge on any atom is -0.304 e. The van der Waals surface area contributed by atoms with Crippen molar-refractivity contribution in [2.24, 2.45) is 0 Å². The van der Waals surface area contributed by atoms with E-state index in [4.69, 9.17) is 11.6 Å². The van der Waals surface area contributed by atoms with Gasteiger partial charge in [0, 0.05) is 21.6 Å². The van der Waals surface area contributed by atoms with Crippen LogP contribution in [-0.4, -0.2) is 0 Å². The number of halogens is 2. The molecule has 100 valence electrons. The third-order valence-electron chi connectivity index (χ3n) is 3.22. The van der Waals surface area contributed by atoms with Crippen molar-refractivity contribution >= 4 is 27.5 Å². The van der Waals surface area contributed by atoms with Gasteiger partial charge in [0.2, 0.25) is 0 Å².